The summed E-state index contributed by atoms with van der Waals surface area (Å²) in [6.45, 7) is 1.97. The van der Waals surface area contributed by atoms with Crippen LogP contribution in [0.15, 0.2) is 27.5 Å². The number of aliphatic hydroxyl groups excluding tert-OH is 1. The number of carbonyl (C=O) groups is 1. The minimum Gasteiger partial charge on any atom is -0.391 e. The standard InChI is InChI=1S/C15H14N4O3S2/c1-8-17-13(22-18-8)11-4-10(20)6-19(11)15(21)12-5-16-14(24-12)9-2-3-23-7-9/h2-3,5,7,10-11,20H,4,6H2,1H3/t10-,11+/m0/s1. The van der Waals surface area contributed by atoms with Crippen molar-refractivity contribution in [1.29, 1.82) is 0 Å². The molecule has 0 bridgehead atoms. The Morgan fingerprint density at radius 3 is 3.08 bits per heavy atom. The van der Waals surface area contributed by atoms with E-state index in [9.17, 15) is 9.90 Å². The molecular weight excluding hydrogens is 348 g/mol. The number of aryl methyl sites for hydroxylation is 1. The van der Waals surface area contributed by atoms with Crippen LogP contribution in [0, 0.1) is 6.92 Å². The van der Waals surface area contributed by atoms with Gasteiger partial charge in [0.2, 0.25) is 5.89 Å². The maximum atomic E-state index is 12.9. The lowest BCUT2D eigenvalue weighted by Crippen LogP contribution is -2.31. The van der Waals surface area contributed by atoms with Crippen LogP contribution in [0.4, 0.5) is 0 Å². The highest BCUT2D eigenvalue weighted by molar-refractivity contribution is 7.17. The lowest BCUT2D eigenvalue weighted by Gasteiger charge is -2.20. The van der Waals surface area contributed by atoms with E-state index >= 15 is 0 Å². The van der Waals surface area contributed by atoms with Crippen molar-refractivity contribution in [3.63, 3.8) is 0 Å². The number of β-amino-alcohol motifs (C(OH)–C–C–N with tert-alkyl or cyclic N) is 1. The molecular formula is C15H14N4O3S2. The van der Waals surface area contributed by atoms with E-state index in [-0.39, 0.29) is 12.5 Å². The van der Waals surface area contributed by atoms with E-state index in [0.717, 1.165) is 10.6 Å². The predicted molar refractivity (Wildman–Crippen MR) is 88.9 cm³/mol. The number of aliphatic hydroxyl groups is 1. The SMILES string of the molecule is Cc1noc([C@H]2C[C@H](O)CN2C(=O)c2cnc(-c3ccsc3)s2)n1. The summed E-state index contributed by atoms with van der Waals surface area (Å²) in [4.78, 5) is 23.5. The number of hydrogen-bond donors (Lipinski definition) is 1. The fourth-order valence-corrected chi connectivity index (χ4v) is 4.34. The van der Waals surface area contributed by atoms with Gasteiger partial charge in [0.15, 0.2) is 5.82 Å². The molecule has 0 aromatic carbocycles. The van der Waals surface area contributed by atoms with Crippen LogP contribution in [0.5, 0.6) is 0 Å². The number of rotatable bonds is 3. The lowest BCUT2D eigenvalue weighted by atomic mass is 10.2. The van der Waals surface area contributed by atoms with Crippen molar-refractivity contribution in [2.75, 3.05) is 6.54 Å². The van der Waals surface area contributed by atoms with E-state index in [1.54, 1.807) is 29.4 Å². The first-order chi connectivity index (χ1) is 11.6. The number of amides is 1. The lowest BCUT2D eigenvalue weighted by molar-refractivity contribution is 0.0698. The first kappa shape index (κ1) is 15.4. The molecule has 124 valence electrons. The monoisotopic (exact) mass is 362 g/mol. The molecule has 3 aromatic heterocycles. The largest absolute Gasteiger partial charge is 0.391 e. The van der Waals surface area contributed by atoms with Crippen molar-refractivity contribution >= 4 is 28.6 Å². The Kier molecular flexibility index (Phi) is 3.91. The van der Waals surface area contributed by atoms with Gasteiger partial charge in [-0.05, 0) is 18.4 Å². The van der Waals surface area contributed by atoms with E-state index in [4.69, 9.17) is 4.52 Å². The van der Waals surface area contributed by atoms with Gasteiger partial charge in [0, 0.05) is 23.9 Å². The molecule has 1 saturated heterocycles. The first-order valence-electron chi connectivity index (χ1n) is 7.39. The molecule has 24 heavy (non-hydrogen) atoms. The van der Waals surface area contributed by atoms with Crippen LogP contribution in [0.2, 0.25) is 0 Å². The molecule has 0 aliphatic carbocycles. The summed E-state index contributed by atoms with van der Waals surface area (Å²) in [6, 6.07) is 1.57. The van der Waals surface area contributed by atoms with E-state index in [1.165, 1.54) is 11.3 Å². The van der Waals surface area contributed by atoms with Gasteiger partial charge in [-0.15, -0.1) is 11.3 Å². The number of nitrogens with zero attached hydrogens (tertiary/aromatic N) is 4. The Balaban J connectivity index is 1.60. The molecule has 1 aliphatic heterocycles. The van der Waals surface area contributed by atoms with Crippen molar-refractivity contribution in [2.45, 2.75) is 25.5 Å². The smallest absolute Gasteiger partial charge is 0.266 e. The summed E-state index contributed by atoms with van der Waals surface area (Å²) < 4.78 is 5.20. The zero-order chi connectivity index (χ0) is 16.7. The van der Waals surface area contributed by atoms with Crippen molar-refractivity contribution < 1.29 is 14.4 Å². The molecule has 0 spiro atoms. The molecule has 3 aromatic rings. The van der Waals surface area contributed by atoms with Crippen LogP contribution >= 0.6 is 22.7 Å². The summed E-state index contributed by atoms with van der Waals surface area (Å²) in [6.07, 6.45) is 1.38. The average Bonchev–Trinajstić information content (AvgIpc) is 3.33. The Labute approximate surface area is 145 Å². The van der Waals surface area contributed by atoms with Crippen LogP contribution in [-0.2, 0) is 0 Å². The third-order valence-electron chi connectivity index (χ3n) is 3.85. The molecule has 0 radical (unpaired) electrons. The zero-order valence-electron chi connectivity index (χ0n) is 12.7. The Hall–Kier alpha value is -2.10. The highest BCUT2D eigenvalue weighted by atomic mass is 32.1. The van der Waals surface area contributed by atoms with Crippen molar-refractivity contribution in [3.05, 3.63) is 39.6 Å². The van der Waals surface area contributed by atoms with Gasteiger partial charge < -0.3 is 14.5 Å². The fraction of sp³-hybridized carbons (Fsp3) is 0.333. The van der Waals surface area contributed by atoms with Crippen LogP contribution in [0.3, 0.4) is 0 Å². The van der Waals surface area contributed by atoms with Gasteiger partial charge in [0.25, 0.3) is 5.91 Å². The van der Waals surface area contributed by atoms with Gasteiger partial charge in [0.1, 0.15) is 15.9 Å². The molecule has 0 unspecified atom stereocenters. The van der Waals surface area contributed by atoms with Crippen molar-refractivity contribution in [1.82, 2.24) is 20.0 Å². The van der Waals surface area contributed by atoms with Crippen LogP contribution in [0.25, 0.3) is 10.6 Å². The number of thiazole rings is 1. The molecule has 1 aliphatic rings. The van der Waals surface area contributed by atoms with E-state index in [2.05, 4.69) is 15.1 Å². The summed E-state index contributed by atoms with van der Waals surface area (Å²) >= 11 is 2.93. The molecule has 7 nitrogen and oxygen atoms in total. The molecule has 0 saturated carbocycles. The first-order valence-corrected chi connectivity index (χ1v) is 9.15. The maximum Gasteiger partial charge on any atom is 0.266 e. The highest BCUT2D eigenvalue weighted by Crippen LogP contribution is 2.34. The number of likely N-dealkylation sites (tertiary alicyclic amines) is 1. The topological polar surface area (TPSA) is 92.4 Å². The summed E-state index contributed by atoms with van der Waals surface area (Å²) in [7, 11) is 0. The van der Waals surface area contributed by atoms with Crippen LogP contribution in [0.1, 0.15) is 33.8 Å². The Bertz CT molecular complexity index is 858. The Morgan fingerprint density at radius 2 is 2.38 bits per heavy atom. The highest BCUT2D eigenvalue weighted by Gasteiger charge is 2.39. The van der Waals surface area contributed by atoms with Gasteiger partial charge in [-0.2, -0.15) is 16.3 Å². The predicted octanol–water partition coefficient (Wildman–Crippen LogP) is 2.51. The number of thiophene rings is 1. The third-order valence-corrected chi connectivity index (χ3v) is 5.57. The maximum absolute atomic E-state index is 12.9. The van der Waals surface area contributed by atoms with E-state index in [1.807, 2.05) is 16.8 Å². The zero-order valence-corrected chi connectivity index (χ0v) is 14.4. The molecule has 4 rings (SSSR count). The number of aromatic nitrogens is 3. The summed E-state index contributed by atoms with van der Waals surface area (Å²) in [5, 5.41) is 18.6. The second kappa shape index (κ2) is 6.08. The van der Waals surface area contributed by atoms with Crippen LogP contribution in [-0.4, -0.2) is 43.7 Å². The van der Waals surface area contributed by atoms with Crippen molar-refractivity contribution in [3.8, 4) is 10.6 Å². The van der Waals surface area contributed by atoms with Gasteiger partial charge in [-0.1, -0.05) is 5.16 Å². The van der Waals surface area contributed by atoms with Gasteiger partial charge in [0.05, 0.1) is 12.3 Å². The Morgan fingerprint density at radius 1 is 1.50 bits per heavy atom. The third kappa shape index (κ3) is 2.74. The normalized spacial score (nSPS) is 20.7. The quantitative estimate of drug-likeness (QED) is 0.770. The summed E-state index contributed by atoms with van der Waals surface area (Å²) in [5.74, 6) is 0.697. The van der Waals surface area contributed by atoms with Crippen LogP contribution < -0.4 is 0 Å². The van der Waals surface area contributed by atoms with Crippen molar-refractivity contribution in [2.24, 2.45) is 0 Å². The molecule has 9 heteroatoms. The molecule has 1 amide bonds. The fourth-order valence-electron chi connectivity index (χ4n) is 2.75. The van der Waals surface area contributed by atoms with E-state index in [0.29, 0.717) is 23.0 Å². The van der Waals surface area contributed by atoms with E-state index < -0.39 is 12.1 Å². The minimum atomic E-state index is -0.601. The molecule has 1 N–H and O–H groups in total. The number of hydrogen-bond acceptors (Lipinski definition) is 8. The minimum absolute atomic E-state index is 0.175. The molecule has 2 atom stereocenters. The number of carbonyl (C=O) groups excluding carboxylic acids is 1. The molecule has 1 fully saturated rings. The molecule has 4 heterocycles. The summed E-state index contributed by atoms with van der Waals surface area (Å²) in [5.41, 5.74) is 1.01. The second-order valence-corrected chi connectivity index (χ2v) is 7.40. The van der Waals surface area contributed by atoms with Gasteiger partial charge in [-0.3, -0.25) is 4.79 Å². The second-order valence-electron chi connectivity index (χ2n) is 5.58. The van der Waals surface area contributed by atoms with Gasteiger partial charge in [-0.25, -0.2) is 4.98 Å². The average molecular weight is 362 g/mol. The van der Waals surface area contributed by atoms with Gasteiger partial charge >= 0.3 is 0 Å².